The molecule has 5 rings (SSSR count). The number of benzene rings is 1. The normalized spacial score (nSPS) is 31.9. The van der Waals surface area contributed by atoms with Gasteiger partial charge >= 0.3 is 0 Å². The Morgan fingerprint density at radius 1 is 1.21 bits per heavy atom. The van der Waals surface area contributed by atoms with E-state index in [1.54, 1.807) is 21.1 Å². The summed E-state index contributed by atoms with van der Waals surface area (Å²) in [4.78, 5) is 2.31. The molecule has 0 amide bonds. The number of ether oxygens (including phenoxy) is 1. The van der Waals surface area contributed by atoms with Gasteiger partial charge in [0, 0.05) is 56.6 Å². The number of hydrogen-bond donors (Lipinski definition) is 0. The van der Waals surface area contributed by atoms with E-state index >= 15 is 0 Å². The number of fused-ring (bicyclic) bond motifs is 1. The number of aromatic nitrogens is 2. The highest BCUT2D eigenvalue weighted by Crippen LogP contribution is 2.47. The molecular formula is C19H23ClN4O3S. The summed E-state index contributed by atoms with van der Waals surface area (Å²) in [6.45, 7) is 2.91. The first kappa shape index (κ1) is 18.6. The third-order valence-corrected chi connectivity index (χ3v) is 8.59. The molecule has 1 aromatic carbocycles. The summed E-state index contributed by atoms with van der Waals surface area (Å²) >= 11 is 5.95. The predicted molar refractivity (Wildman–Crippen MR) is 105 cm³/mol. The predicted octanol–water partition coefficient (Wildman–Crippen LogP) is 1.63. The summed E-state index contributed by atoms with van der Waals surface area (Å²) in [5, 5.41) is 4.42. The maximum absolute atomic E-state index is 13.2. The number of rotatable bonds is 4. The van der Waals surface area contributed by atoms with Gasteiger partial charge in [0.2, 0.25) is 10.0 Å². The van der Waals surface area contributed by atoms with Crippen LogP contribution in [0.25, 0.3) is 0 Å². The van der Waals surface area contributed by atoms with Crippen molar-refractivity contribution < 1.29 is 13.2 Å². The van der Waals surface area contributed by atoms with Crippen molar-refractivity contribution in [1.29, 1.82) is 0 Å². The second-order valence-corrected chi connectivity index (χ2v) is 10.7. The van der Waals surface area contributed by atoms with E-state index in [0.29, 0.717) is 31.1 Å². The van der Waals surface area contributed by atoms with Gasteiger partial charge in [-0.3, -0.25) is 9.58 Å². The van der Waals surface area contributed by atoms with E-state index in [-0.39, 0.29) is 6.10 Å². The molecule has 4 heterocycles. The fraction of sp³-hybridized carbons (Fsp3) is 0.526. The van der Waals surface area contributed by atoms with Gasteiger partial charge < -0.3 is 4.74 Å². The first-order valence-electron chi connectivity index (χ1n) is 9.45. The second kappa shape index (κ2) is 6.53. The van der Waals surface area contributed by atoms with Gasteiger partial charge in [-0.25, -0.2) is 8.42 Å². The molecule has 7 nitrogen and oxygen atoms in total. The molecule has 28 heavy (non-hydrogen) atoms. The Morgan fingerprint density at radius 2 is 2.00 bits per heavy atom. The minimum Gasteiger partial charge on any atom is -0.366 e. The molecule has 0 N–H and O–H groups in total. The van der Waals surface area contributed by atoms with Gasteiger partial charge in [-0.05, 0) is 24.1 Å². The first-order chi connectivity index (χ1) is 13.3. The number of nitrogens with zero attached hydrogens (tertiary/aromatic N) is 4. The Balaban J connectivity index is 1.37. The molecule has 0 aliphatic carbocycles. The highest BCUT2D eigenvalue weighted by atomic mass is 35.5. The monoisotopic (exact) mass is 422 g/mol. The Morgan fingerprint density at radius 3 is 2.71 bits per heavy atom. The van der Waals surface area contributed by atoms with Gasteiger partial charge in [-0.1, -0.05) is 23.7 Å². The fourth-order valence-corrected chi connectivity index (χ4v) is 7.33. The highest BCUT2D eigenvalue weighted by molar-refractivity contribution is 7.90. The zero-order valence-corrected chi connectivity index (χ0v) is 17.2. The standard InChI is InChI=1S/C19H23ClN4O3S/c1-22-8-15(7-21-22)9-23-11-17-6-18-19(12-23,27-17)13-24(28(18,25)26)10-14-2-4-16(20)5-3-14/h2-5,7-8,17-18H,6,9-13H2,1H3/t17-,18+,19+/m0/s1. The molecule has 3 atom stereocenters. The second-order valence-electron chi connectivity index (χ2n) is 8.16. The Bertz CT molecular complexity index is 993. The minimum absolute atomic E-state index is 0.0251. The number of hydrogen-bond acceptors (Lipinski definition) is 5. The molecule has 2 aromatic rings. The Kier molecular flexibility index (Phi) is 4.33. The molecule has 1 aromatic heterocycles. The van der Waals surface area contributed by atoms with Crippen LogP contribution in [0, 0.1) is 0 Å². The van der Waals surface area contributed by atoms with Gasteiger partial charge in [0.1, 0.15) is 10.9 Å². The highest BCUT2D eigenvalue weighted by Gasteiger charge is 2.64. The average molecular weight is 423 g/mol. The van der Waals surface area contributed by atoms with Crippen LogP contribution in [0.3, 0.4) is 0 Å². The summed E-state index contributed by atoms with van der Waals surface area (Å²) in [6.07, 6.45) is 4.42. The third-order valence-electron chi connectivity index (χ3n) is 6.02. The van der Waals surface area contributed by atoms with Crippen molar-refractivity contribution in [2.75, 3.05) is 19.6 Å². The van der Waals surface area contributed by atoms with Gasteiger partial charge in [0.15, 0.2) is 0 Å². The minimum atomic E-state index is -3.40. The molecule has 0 radical (unpaired) electrons. The summed E-state index contributed by atoms with van der Waals surface area (Å²) in [6, 6.07) is 7.34. The molecule has 2 bridgehead atoms. The molecule has 3 aliphatic rings. The zero-order chi connectivity index (χ0) is 19.5. The molecule has 1 spiro atoms. The van der Waals surface area contributed by atoms with Gasteiger partial charge in [-0.15, -0.1) is 0 Å². The lowest BCUT2D eigenvalue weighted by Crippen LogP contribution is -2.54. The summed E-state index contributed by atoms with van der Waals surface area (Å²) in [5.41, 5.74) is 1.43. The van der Waals surface area contributed by atoms with Crippen LogP contribution < -0.4 is 0 Å². The molecule has 3 saturated heterocycles. The van der Waals surface area contributed by atoms with Crippen molar-refractivity contribution in [3.05, 3.63) is 52.8 Å². The summed E-state index contributed by atoms with van der Waals surface area (Å²) in [5.74, 6) is 0. The summed E-state index contributed by atoms with van der Waals surface area (Å²) in [7, 11) is -1.49. The molecule has 0 unspecified atom stereocenters. The molecule has 3 aliphatic heterocycles. The maximum atomic E-state index is 13.2. The number of sulfonamides is 1. The zero-order valence-electron chi connectivity index (χ0n) is 15.7. The third kappa shape index (κ3) is 3.07. The van der Waals surface area contributed by atoms with Crippen molar-refractivity contribution in [2.24, 2.45) is 7.05 Å². The van der Waals surface area contributed by atoms with Crippen LogP contribution in [0.4, 0.5) is 0 Å². The molecule has 3 fully saturated rings. The maximum Gasteiger partial charge on any atom is 0.220 e. The van der Waals surface area contributed by atoms with Crippen molar-refractivity contribution >= 4 is 21.6 Å². The van der Waals surface area contributed by atoms with E-state index in [0.717, 1.165) is 24.2 Å². The first-order valence-corrected chi connectivity index (χ1v) is 11.3. The Labute approximate surface area is 169 Å². The van der Waals surface area contributed by atoms with Crippen LogP contribution in [0.2, 0.25) is 5.02 Å². The van der Waals surface area contributed by atoms with Crippen molar-refractivity contribution in [3.63, 3.8) is 0 Å². The molecule has 150 valence electrons. The van der Waals surface area contributed by atoms with Crippen molar-refractivity contribution in [3.8, 4) is 0 Å². The number of halogens is 1. The van der Waals surface area contributed by atoms with Crippen LogP contribution in [0.1, 0.15) is 17.5 Å². The number of likely N-dealkylation sites (tertiary alicyclic amines) is 1. The molecule has 9 heteroatoms. The quantitative estimate of drug-likeness (QED) is 0.749. The van der Waals surface area contributed by atoms with Crippen LogP contribution in [-0.4, -0.2) is 64.0 Å². The average Bonchev–Trinajstić information content (AvgIpc) is 3.21. The lowest BCUT2D eigenvalue weighted by atomic mass is 9.99. The van der Waals surface area contributed by atoms with Crippen molar-refractivity contribution in [1.82, 2.24) is 19.0 Å². The van der Waals surface area contributed by atoms with Gasteiger partial charge in [-0.2, -0.15) is 9.40 Å². The van der Waals surface area contributed by atoms with Crippen molar-refractivity contribution in [2.45, 2.75) is 36.5 Å². The van der Waals surface area contributed by atoms with E-state index in [2.05, 4.69) is 10.00 Å². The van der Waals surface area contributed by atoms with E-state index in [1.807, 2.05) is 31.6 Å². The topological polar surface area (TPSA) is 67.7 Å². The SMILES string of the molecule is Cn1cc(CN2C[C@@H]3C[C@@H]4[C@@](C2)(CN(Cc2ccc(Cl)cc2)S4(=O)=O)O3)cn1. The van der Waals surface area contributed by atoms with E-state index < -0.39 is 20.9 Å². The van der Waals surface area contributed by atoms with Crippen LogP contribution in [0.5, 0.6) is 0 Å². The summed E-state index contributed by atoms with van der Waals surface area (Å²) < 4.78 is 36.2. The van der Waals surface area contributed by atoms with Gasteiger partial charge in [0.05, 0.1) is 12.3 Å². The lowest BCUT2D eigenvalue weighted by Gasteiger charge is -2.39. The van der Waals surface area contributed by atoms with E-state index in [9.17, 15) is 8.42 Å². The largest absolute Gasteiger partial charge is 0.366 e. The number of aryl methyl sites for hydroxylation is 1. The molecule has 0 saturated carbocycles. The van der Waals surface area contributed by atoms with E-state index in [1.165, 1.54) is 0 Å². The smallest absolute Gasteiger partial charge is 0.220 e. The fourth-order valence-electron chi connectivity index (χ4n) is 4.91. The lowest BCUT2D eigenvalue weighted by molar-refractivity contribution is -0.110. The Hall–Kier alpha value is -1.45. The van der Waals surface area contributed by atoms with Crippen LogP contribution >= 0.6 is 11.6 Å². The van der Waals surface area contributed by atoms with Crippen LogP contribution in [-0.2, 0) is 34.9 Å². The van der Waals surface area contributed by atoms with Gasteiger partial charge in [0.25, 0.3) is 0 Å². The van der Waals surface area contributed by atoms with E-state index in [4.69, 9.17) is 16.3 Å². The molecular weight excluding hydrogens is 400 g/mol. The van der Waals surface area contributed by atoms with Crippen LogP contribution in [0.15, 0.2) is 36.7 Å². The number of morpholine rings is 1.